The van der Waals surface area contributed by atoms with Crippen LogP contribution in [-0.4, -0.2) is 23.8 Å². The molecule has 5 heteroatoms. The van der Waals surface area contributed by atoms with Crippen molar-refractivity contribution in [3.05, 3.63) is 11.8 Å². The van der Waals surface area contributed by atoms with E-state index in [-0.39, 0.29) is 6.17 Å². The molecule has 0 amide bonds. The van der Waals surface area contributed by atoms with E-state index in [9.17, 15) is 5.11 Å². The van der Waals surface area contributed by atoms with E-state index in [4.69, 9.17) is 0 Å². The number of aliphatic hydroxyl groups excluding tert-OH is 1. The average molecular weight is 138 g/mol. The van der Waals surface area contributed by atoms with Gasteiger partial charge in [-0.15, -0.1) is 0 Å². The Bertz CT molecular complexity index is 232. The van der Waals surface area contributed by atoms with Crippen LogP contribution in [0, 0.1) is 0 Å². The molecule has 0 saturated heterocycles. The Kier molecular flexibility index (Phi) is 1.04. The largest absolute Gasteiger partial charge is 0.370 e. The van der Waals surface area contributed by atoms with Crippen molar-refractivity contribution in [1.82, 2.24) is 5.32 Å². The Morgan fingerprint density at radius 2 is 2.50 bits per heavy atom. The second kappa shape index (κ2) is 1.88. The first-order valence-corrected chi connectivity index (χ1v) is 2.93. The zero-order valence-electron chi connectivity index (χ0n) is 5.10. The van der Waals surface area contributed by atoms with Crippen molar-refractivity contribution >= 4 is 6.34 Å². The molecule has 0 aliphatic carbocycles. The zero-order valence-corrected chi connectivity index (χ0v) is 5.10. The van der Waals surface area contributed by atoms with Gasteiger partial charge in [-0.1, -0.05) is 0 Å². The molecule has 0 aromatic carbocycles. The highest BCUT2D eigenvalue weighted by Crippen LogP contribution is 2.19. The Balaban J connectivity index is 2.32. The Hall–Kier alpha value is -1.23. The fraction of sp³-hybridized carbons (Fsp3) is 0.400. The molecule has 0 unspecified atom stereocenters. The van der Waals surface area contributed by atoms with Gasteiger partial charge >= 0.3 is 0 Å². The fourth-order valence-corrected chi connectivity index (χ4v) is 0.905. The third-order valence-corrected chi connectivity index (χ3v) is 1.44. The van der Waals surface area contributed by atoms with Crippen molar-refractivity contribution in [2.75, 3.05) is 0 Å². The number of azo groups is 1. The first-order valence-electron chi connectivity index (χ1n) is 2.93. The third-order valence-electron chi connectivity index (χ3n) is 1.44. The summed E-state index contributed by atoms with van der Waals surface area (Å²) in [5, 5.41) is 19.2. The molecule has 0 saturated carbocycles. The van der Waals surface area contributed by atoms with Gasteiger partial charge in [-0.05, 0) is 0 Å². The minimum absolute atomic E-state index is 0.281. The van der Waals surface area contributed by atoms with Crippen LogP contribution in [-0.2, 0) is 0 Å². The Morgan fingerprint density at radius 3 is 3.30 bits per heavy atom. The molecule has 0 aromatic heterocycles. The van der Waals surface area contributed by atoms with Crippen LogP contribution in [0.4, 0.5) is 0 Å². The molecule has 2 heterocycles. The van der Waals surface area contributed by atoms with Gasteiger partial charge in [-0.25, -0.2) is 4.99 Å². The summed E-state index contributed by atoms with van der Waals surface area (Å²) < 4.78 is 0. The molecule has 2 rings (SSSR count). The topological polar surface area (TPSA) is 69.3 Å². The summed E-state index contributed by atoms with van der Waals surface area (Å²) in [4.78, 5) is 3.92. The maximum atomic E-state index is 9.19. The van der Waals surface area contributed by atoms with E-state index in [1.54, 1.807) is 0 Å². The van der Waals surface area contributed by atoms with Crippen molar-refractivity contribution in [1.29, 1.82) is 0 Å². The molecule has 2 N–H and O–H groups in total. The molecule has 0 spiro atoms. The van der Waals surface area contributed by atoms with Crippen molar-refractivity contribution in [2.24, 2.45) is 15.2 Å². The highest BCUT2D eigenvalue weighted by Gasteiger charge is 2.25. The van der Waals surface area contributed by atoms with E-state index in [2.05, 4.69) is 20.5 Å². The minimum atomic E-state index is -0.669. The van der Waals surface area contributed by atoms with E-state index in [0.29, 0.717) is 5.57 Å². The smallest absolute Gasteiger partial charge is 0.189 e. The molecular weight excluding hydrogens is 132 g/mol. The van der Waals surface area contributed by atoms with E-state index >= 15 is 0 Å². The van der Waals surface area contributed by atoms with E-state index in [1.807, 2.05) is 0 Å². The predicted molar refractivity (Wildman–Crippen MR) is 34.4 cm³/mol. The normalized spacial score (nSPS) is 35.1. The minimum Gasteiger partial charge on any atom is -0.370 e. The second-order valence-corrected chi connectivity index (χ2v) is 2.08. The Morgan fingerprint density at radius 1 is 1.60 bits per heavy atom. The van der Waals surface area contributed by atoms with Crippen LogP contribution in [0.15, 0.2) is 27.0 Å². The van der Waals surface area contributed by atoms with Crippen LogP contribution in [0.2, 0.25) is 0 Å². The van der Waals surface area contributed by atoms with Gasteiger partial charge in [-0.3, -0.25) is 0 Å². The lowest BCUT2D eigenvalue weighted by molar-refractivity contribution is 0.187. The summed E-state index contributed by atoms with van der Waals surface area (Å²) in [6, 6.07) is 0. The number of nitrogens with zero attached hydrogens (tertiary/aromatic N) is 3. The molecular formula is C5H6N4O. The van der Waals surface area contributed by atoms with Crippen LogP contribution in [0.5, 0.6) is 0 Å². The van der Waals surface area contributed by atoms with Gasteiger partial charge in [0.15, 0.2) is 12.4 Å². The average Bonchev–Trinajstić information content (AvgIpc) is 2.36. The number of hydrogen-bond acceptors (Lipinski definition) is 5. The van der Waals surface area contributed by atoms with Crippen LogP contribution >= 0.6 is 0 Å². The molecule has 0 aromatic rings. The van der Waals surface area contributed by atoms with Gasteiger partial charge in [0.2, 0.25) is 0 Å². The van der Waals surface area contributed by atoms with Crippen molar-refractivity contribution in [3.8, 4) is 0 Å². The van der Waals surface area contributed by atoms with Gasteiger partial charge in [0, 0.05) is 5.57 Å². The first-order chi connectivity index (χ1) is 4.88. The van der Waals surface area contributed by atoms with Crippen molar-refractivity contribution in [3.63, 3.8) is 0 Å². The van der Waals surface area contributed by atoms with Gasteiger partial charge in [-0.2, -0.15) is 10.2 Å². The van der Waals surface area contributed by atoms with Gasteiger partial charge in [0.1, 0.15) is 0 Å². The maximum Gasteiger partial charge on any atom is 0.189 e. The van der Waals surface area contributed by atoms with Crippen LogP contribution < -0.4 is 5.32 Å². The molecule has 2 atom stereocenters. The number of aliphatic hydroxyl groups is 1. The molecule has 5 nitrogen and oxygen atoms in total. The maximum absolute atomic E-state index is 9.19. The number of hydrogen-bond donors (Lipinski definition) is 2. The van der Waals surface area contributed by atoms with E-state index in [0.717, 1.165) is 0 Å². The number of fused-ring (bicyclic) bond motifs is 1. The van der Waals surface area contributed by atoms with Crippen LogP contribution in [0.1, 0.15) is 0 Å². The summed E-state index contributed by atoms with van der Waals surface area (Å²) in [7, 11) is 0. The molecule has 0 fully saturated rings. The lowest BCUT2D eigenvalue weighted by atomic mass is 10.2. The summed E-state index contributed by atoms with van der Waals surface area (Å²) in [5.74, 6) is 0. The highest BCUT2D eigenvalue weighted by atomic mass is 16.3. The third kappa shape index (κ3) is 0.640. The zero-order chi connectivity index (χ0) is 6.97. The number of rotatable bonds is 0. The first kappa shape index (κ1) is 5.55. The molecule has 52 valence electrons. The lowest BCUT2D eigenvalue weighted by Gasteiger charge is -2.18. The fourth-order valence-electron chi connectivity index (χ4n) is 0.905. The second-order valence-electron chi connectivity index (χ2n) is 2.08. The van der Waals surface area contributed by atoms with Gasteiger partial charge in [0.25, 0.3) is 0 Å². The van der Waals surface area contributed by atoms with Crippen LogP contribution in [0.3, 0.4) is 0 Å². The molecule has 2 aliphatic heterocycles. The predicted octanol–water partition coefficient (Wildman–Crippen LogP) is -0.388. The quantitative estimate of drug-likeness (QED) is 0.478. The number of aliphatic imine (C=N–C) groups is 1. The van der Waals surface area contributed by atoms with Gasteiger partial charge in [0.05, 0.1) is 12.5 Å². The summed E-state index contributed by atoms with van der Waals surface area (Å²) in [6.45, 7) is 0. The lowest BCUT2D eigenvalue weighted by Crippen LogP contribution is -2.36. The van der Waals surface area contributed by atoms with Crippen molar-refractivity contribution < 1.29 is 5.11 Å². The number of nitrogens with one attached hydrogen (secondary N) is 1. The van der Waals surface area contributed by atoms with E-state index < -0.39 is 6.23 Å². The summed E-state index contributed by atoms with van der Waals surface area (Å²) in [6.07, 6.45) is 2.02. The van der Waals surface area contributed by atoms with E-state index in [1.165, 1.54) is 12.5 Å². The Labute approximate surface area is 57.2 Å². The molecule has 0 bridgehead atoms. The highest BCUT2D eigenvalue weighted by molar-refractivity contribution is 5.58. The summed E-state index contributed by atoms with van der Waals surface area (Å²) >= 11 is 0. The standard InChI is InChI=1S/C5H6N4O/c10-5-3-1-8-9-4(3)6-2-7-5/h1-2,4-5,10H,(H,6,7)/t4-,5+/m1/s1. The molecule has 2 aliphatic rings. The molecule has 10 heavy (non-hydrogen) atoms. The SMILES string of the molecule is O[C@@H]1NC=N[C@@H]2N=NC=C21. The monoisotopic (exact) mass is 138 g/mol. The summed E-state index contributed by atoms with van der Waals surface area (Å²) in [5.41, 5.74) is 0.711. The van der Waals surface area contributed by atoms with Gasteiger partial charge < -0.3 is 10.4 Å². The van der Waals surface area contributed by atoms with Crippen LogP contribution in [0.25, 0.3) is 0 Å². The molecule has 0 radical (unpaired) electrons. The van der Waals surface area contributed by atoms with Crippen molar-refractivity contribution in [2.45, 2.75) is 12.4 Å².